The normalized spacial score (nSPS) is 25.0. The predicted octanol–water partition coefficient (Wildman–Crippen LogP) is 2.16. The van der Waals surface area contributed by atoms with Crippen molar-refractivity contribution in [1.29, 1.82) is 0 Å². The summed E-state index contributed by atoms with van der Waals surface area (Å²) in [6.45, 7) is 2.23. The van der Waals surface area contributed by atoms with Crippen LogP contribution in [0.5, 0.6) is 5.75 Å². The fourth-order valence-corrected chi connectivity index (χ4v) is 4.94. The molecule has 2 saturated carbocycles. The van der Waals surface area contributed by atoms with E-state index < -0.39 is 10.0 Å². The lowest BCUT2D eigenvalue weighted by molar-refractivity contribution is -0.120. The largest absolute Gasteiger partial charge is 0.494 e. The summed E-state index contributed by atoms with van der Waals surface area (Å²) in [5.74, 6) is 1.72. The molecule has 1 N–H and O–H groups in total. The van der Waals surface area contributed by atoms with E-state index in [1.54, 1.807) is 24.3 Å². The maximum Gasteiger partial charge on any atom is 0.241 e. The highest BCUT2D eigenvalue weighted by Crippen LogP contribution is 2.44. The summed E-state index contributed by atoms with van der Waals surface area (Å²) in [6.07, 6.45) is 5.77. The second kappa shape index (κ2) is 7.23. The van der Waals surface area contributed by atoms with E-state index >= 15 is 0 Å². The molecule has 2 aliphatic carbocycles. The summed E-state index contributed by atoms with van der Waals surface area (Å²) in [5.41, 5.74) is 0.467. The summed E-state index contributed by atoms with van der Waals surface area (Å²) in [6, 6.07) is 6.96. The van der Waals surface area contributed by atoms with Gasteiger partial charge in [-0.25, -0.2) is 8.42 Å². The van der Waals surface area contributed by atoms with Crippen LogP contribution in [0.1, 0.15) is 32.6 Å². The molecule has 1 aromatic rings. The van der Waals surface area contributed by atoms with E-state index in [1.165, 1.54) is 19.3 Å². The van der Waals surface area contributed by atoms with Gasteiger partial charge in [0.2, 0.25) is 15.9 Å². The molecule has 2 aliphatic rings. The molecule has 25 heavy (non-hydrogen) atoms. The molecule has 6 nitrogen and oxygen atoms in total. The summed E-state index contributed by atoms with van der Waals surface area (Å²) in [4.78, 5) is 12.4. The zero-order valence-electron chi connectivity index (χ0n) is 14.8. The number of hydrogen-bond acceptors (Lipinski definition) is 4. The van der Waals surface area contributed by atoms with Gasteiger partial charge in [0.1, 0.15) is 12.3 Å². The Morgan fingerprint density at radius 3 is 2.48 bits per heavy atom. The molecular weight excluding hydrogens is 340 g/mol. The van der Waals surface area contributed by atoms with Gasteiger partial charge in [0.05, 0.1) is 18.6 Å². The lowest BCUT2D eigenvalue weighted by Crippen LogP contribution is -2.45. The van der Waals surface area contributed by atoms with Gasteiger partial charge in [-0.1, -0.05) is 6.42 Å². The number of benzene rings is 1. The van der Waals surface area contributed by atoms with Crippen LogP contribution in [-0.4, -0.2) is 39.8 Å². The fourth-order valence-electron chi connectivity index (χ4n) is 4.08. The molecule has 0 aromatic heterocycles. The Morgan fingerprint density at radius 1 is 1.24 bits per heavy atom. The van der Waals surface area contributed by atoms with Gasteiger partial charge in [-0.05, 0) is 62.3 Å². The molecule has 3 rings (SSSR count). The predicted molar refractivity (Wildman–Crippen MR) is 97.2 cm³/mol. The smallest absolute Gasteiger partial charge is 0.241 e. The summed E-state index contributed by atoms with van der Waals surface area (Å²) in [7, 11) is -3.55. The Labute approximate surface area is 149 Å². The van der Waals surface area contributed by atoms with Crippen LogP contribution < -0.4 is 14.4 Å². The number of rotatable bonds is 7. The minimum absolute atomic E-state index is 0.194. The van der Waals surface area contributed by atoms with E-state index in [4.69, 9.17) is 4.74 Å². The number of nitrogens with zero attached hydrogens (tertiary/aromatic N) is 1. The summed E-state index contributed by atoms with van der Waals surface area (Å²) < 4.78 is 30.8. The standard InChI is InChI=1S/C18H26N2O4S/c1-3-24-16-8-6-15(7-9-16)20(25(2,22)23)12-18(21)19-17-11-13-4-5-14(17)10-13/h6-9,13-14,17H,3-5,10-12H2,1-2H3,(H,19,21)/t13-,14+,17+/m0/s1. The van der Waals surface area contributed by atoms with Gasteiger partial charge in [-0.3, -0.25) is 9.10 Å². The van der Waals surface area contributed by atoms with Crippen molar-refractivity contribution in [3.05, 3.63) is 24.3 Å². The maximum atomic E-state index is 12.4. The number of hydrogen-bond donors (Lipinski definition) is 1. The Morgan fingerprint density at radius 2 is 1.96 bits per heavy atom. The molecule has 138 valence electrons. The number of fused-ring (bicyclic) bond motifs is 2. The van der Waals surface area contributed by atoms with Crippen LogP contribution in [-0.2, 0) is 14.8 Å². The molecule has 0 spiro atoms. The Bertz CT molecular complexity index is 717. The van der Waals surface area contributed by atoms with Gasteiger partial charge in [0, 0.05) is 6.04 Å². The SMILES string of the molecule is CCOc1ccc(N(CC(=O)N[C@@H]2C[C@H]3CC[C@@H]2C3)S(C)(=O)=O)cc1. The molecule has 0 saturated heterocycles. The van der Waals surface area contributed by atoms with Crippen LogP contribution >= 0.6 is 0 Å². The lowest BCUT2D eigenvalue weighted by atomic mass is 9.95. The molecule has 2 bridgehead atoms. The molecule has 0 heterocycles. The highest BCUT2D eigenvalue weighted by Gasteiger charge is 2.40. The van der Waals surface area contributed by atoms with Crippen molar-refractivity contribution in [2.75, 3.05) is 23.7 Å². The molecule has 2 fully saturated rings. The topological polar surface area (TPSA) is 75.7 Å². The first-order valence-electron chi connectivity index (χ1n) is 8.86. The van der Waals surface area contributed by atoms with Gasteiger partial charge in [-0.2, -0.15) is 0 Å². The van der Waals surface area contributed by atoms with Gasteiger partial charge in [0.25, 0.3) is 0 Å². The average molecular weight is 366 g/mol. The van der Waals surface area contributed by atoms with E-state index in [0.717, 1.165) is 22.9 Å². The number of ether oxygens (including phenoxy) is 1. The third-order valence-corrected chi connectivity index (χ3v) is 6.35. The van der Waals surface area contributed by atoms with Crippen molar-refractivity contribution in [2.45, 2.75) is 38.6 Å². The third kappa shape index (κ3) is 4.26. The van der Waals surface area contributed by atoms with Crippen molar-refractivity contribution in [1.82, 2.24) is 5.32 Å². The molecule has 0 unspecified atom stereocenters. The Hall–Kier alpha value is -1.76. The average Bonchev–Trinajstić information content (AvgIpc) is 3.15. The first kappa shape index (κ1) is 18.0. The van der Waals surface area contributed by atoms with Crippen LogP contribution in [0.25, 0.3) is 0 Å². The van der Waals surface area contributed by atoms with Crippen molar-refractivity contribution < 1.29 is 17.9 Å². The molecule has 1 amide bonds. The van der Waals surface area contributed by atoms with Crippen LogP contribution in [0.15, 0.2) is 24.3 Å². The minimum atomic E-state index is -3.55. The summed E-state index contributed by atoms with van der Waals surface area (Å²) >= 11 is 0. The van der Waals surface area contributed by atoms with E-state index in [2.05, 4.69) is 5.32 Å². The summed E-state index contributed by atoms with van der Waals surface area (Å²) in [5, 5.41) is 3.04. The maximum absolute atomic E-state index is 12.4. The zero-order valence-corrected chi connectivity index (χ0v) is 15.6. The monoisotopic (exact) mass is 366 g/mol. The molecule has 7 heteroatoms. The Kier molecular flexibility index (Phi) is 5.22. The van der Waals surface area contributed by atoms with Crippen molar-refractivity contribution in [3.8, 4) is 5.75 Å². The third-order valence-electron chi connectivity index (χ3n) is 5.21. The zero-order chi connectivity index (χ0) is 18.0. The molecule has 0 aliphatic heterocycles. The van der Waals surface area contributed by atoms with Crippen LogP contribution in [0.2, 0.25) is 0 Å². The highest BCUT2D eigenvalue weighted by atomic mass is 32.2. The van der Waals surface area contributed by atoms with Crippen LogP contribution in [0.4, 0.5) is 5.69 Å². The number of nitrogens with one attached hydrogen (secondary N) is 1. The Balaban J connectivity index is 1.67. The van der Waals surface area contributed by atoms with Crippen molar-refractivity contribution in [3.63, 3.8) is 0 Å². The van der Waals surface area contributed by atoms with E-state index in [-0.39, 0.29) is 18.5 Å². The number of anilines is 1. The van der Waals surface area contributed by atoms with Gasteiger partial charge in [0.15, 0.2) is 0 Å². The van der Waals surface area contributed by atoms with E-state index in [9.17, 15) is 13.2 Å². The lowest BCUT2D eigenvalue weighted by Gasteiger charge is -2.26. The molecular formula is C18H26N2O4S. The van der Waals surface area contributed by atoms with Gasteiger partial charge >= 0.3 is 0 Å². The fraction of sp³-hybridized carbons (Fsp3) is 0.611. The van der Waals surface area contributed by atoms with Crippen LogP contribution in [0.3, 0.4) is 0 Å². The first-order valence-corrected chi connectivity index (χ1v) is 10.7. The van der Waals surface area contributed by atoms with Gasteiger partial charge < -0.3 is 10.1 Å². The second-order valence-electron chi connectivity index (χ2n) is 7.05. The quantitative estimate of drug-likeness (QED) is 0.802. The number of carbonyl (C=O) groups is 1. The number of sulfonamides is 1. The molecule has 3 atom stereocenters. The van der Waals surface area contributed by atoms with Crippen LogP contribution in [0, 0.1) is 11.8 Å². The minimum Gasteiger partial charge on any atom is -0.494 e. The highest BCUT2D eigenvalue weighted by molar-refractivity contribution is 7.92. The molecule has 1 aromatic carbocycles. The number of carbonyl (C=O) groups excluding carboxylic acids is 1. The second-order valence-corrected chi connectivity index (χ2v) is 8.95. The van der Waals surface area contributed by atoms with Crippen molar-refractivity contribution in [2.24, 2.45) is 11.8 Å². The van der Waals surface area contributed by atoms with E-state index in [1.807, 2.05) is 6.92 Å². The first-order chi connectivity index (χ1) is 11.9. The number of amides is 1. The van der Waals surface area contributed by atoms with E-state index in [0.29, 0.717) is 24.0 Å². The van der Waals surface area contributed by atoms with Crippen molar-refractivity contribution >= 4 is 21.6 Å². The molecule has 0 radical (unpaired) electrons. The van der Waals surface area contributed by atoms with Gasteiger partial charge in [-0.15, -0.1) is 0 Å².